The lowest BCUT2D eigenvalue weighted by molar-refractivity contribution is -0.139. The largest absolute Gasteiger partial charge is 0.493 e. The Morgan fingerprint density at radius 2 is 1.54 bits per heavy atom. The van der Waals surface area contributed by atoms with E-state index in [1.165, 1.54) is 5.56 Å². The molecule has 35 heavy (non-hydrogen) atoms. The number of fused-ring (bicyclic) bond motifs is 1. The van der Waals surface area contributed by atoms with E-state index in [2.05, 4.69) is 29.2 Å². The van der Waals surface area contributed by atoms with Crippen molar-refractivity contribution < 1.29 is 19.0 Å². The first-order chi connectivity index (χ1) is 17.2. The summed E-state index contributed by atoms with van der Waals surface area (Å²) in [6.45, 7) is 4.96. The average molecular weight is 478 g/mol. The third kappa shape index (κ3) is 5.21. The van der Waals surface area contributed by atoms with Gasteiger partial charge in [0.15, 0.2) is 11.5 Å². The van der Waals surface area contributed by atoms with E-state index < -0.39 is 0 Å². The van der Waals surface area contributed by atoms with Crippen molar-refractivity contribution in [1.82, 2.24) is 9.91 Å². The first kappa shape index (κ1) is 23.8. The third-order valence-corrected chi connectivity index (χ3v) is 7.46. The Morgan fingerprint density at radius 1 is 0.886 bits per heavy atom. The number of morpholine rings is 1. The molecule has 1 saturated heterocycles. The van der Waals surface area contributed by atoms with Crippen LogP contribution in [0.3, 0.4) is 0 Å². The molecule has 186 valence electrons. The molecule has 2 atom stereocenters. The molecule has 2 aromatic rings. The SMILES string of the molecule is COc1ccc(C2=NN(Cc3ccc(CN4CCOCC4)cc3)C(=O)[C@H]3CCCC[C@@H]23)cc1OC. The normalized spacial score (nSPS) is 23.0. The van der Waals surface area contributed by atoms with Crippen molar-refractivity contribution >= 4 is 11.6 Å². The van der Waals surface area contributed by atoms with Gasteiger partial charge in [0.2, 0.25) is 5.91 Å². The van der Waals surface area contributed by atoms with Gasteiger partial charge in [-0.1, -0.05) is 37.1 Å². The number of carbonyl (C=O) groups excluding carboxylic acids is 1. The van der Waals surface area contributed by atoms with Crippen molar-refractivity contribution in [2.45, 2.75) is 38.8 Å². The number of hydrogen-bond acceptors (Lipinski definition) is 6. The highest BCUT2D eigenvalue weighted by Crippen LogP contribution is 2.39. The van der Waals surface area contributed by atoms with Gasteiger partial charge in [-0.05, 0) is 42.2 Å². The van der Waals surface area contributed by atoms with E-state index >= 15 is 0 Å². The van der Waals surface area contributed by atoms with Crippen molar-refractivity contribution in [1.29, 1.82) is 0 Å². The van der Waals surface area contributed by atoms with Gasteiger partial charge in [-0.25, -0.2) is 5.01 Å². The van der Waals surface area contributed by atoms with Crippen LogP contribution in [0.2, 0.25) is 0 Å². The number of methoxy groups -OCH3 is 2. The summed E-state index contributed by atoms with van der Waals surface area (Å²) in [5, 5.41) is 6.63. The van der Waals surface area contributed by atoms with Gasteiger partial charge in [-0.3, -0.25) is 9.69 Å². The van der Waals surface area contributed by atoms with Crippen LogP contribution in [0.25, 0.3) is 0 Å². The first-order valence-corrected chi connectivity index (χ1v) is 12.7. The van der Waals surface area contributed by atoms with Crippen molar-refractivity contribution in [3.05, 3.63) is 59.2 Å². The Kier molecular flexibility index (Phi) is 7.35. The fourth-order valence-corrected chi connectivity index (χ4v) is 5.52. The lowest BCUT2D eigenvalue weighted by Gasteiger charge is -2.38. The van der Waals surface area contributed by atoms with Crippen LogP contribution in [-0.2, 0) is 22.6 Å². The Morgan fingerprint density at radius 3 is 2.23 bits per heavy atom. The van der Waals surface area contributed by atoms with Gasteiger partial charge in [0.1, 0.15) is 0 Å². The molecule has 0 spiro atoms. The zero-order valence-electron chi connectivity index (χ0n) is 20.7. The molecule has 0 N–H and O–H groups in total. The Bertz CT molecular complexity index is 1060. The second-order valence-corrected chi connectivity index (χ2v) is 9.65. The highest BCUT2D eigenvalue weighted by molar-refractivity contribution is 6.07. The van der Waals surface area contributed by atoms with Crippen LogP contribution >= 0.6 is 0 Å². The molecule has 0 unspecified atom stereocenters. The molecule has 7 nitrogen and oxygen atoms in total. The molecule has 0 bridgehead atoms. The van der Waals surface area contributed by atoms with E-state index in [0.29, 0.717) is 18.0 Å². The highest BCUT2D eigenvalue weighted by atomic mass is 16.5. The molecule has 2 aromatic carbocycles. The number of amides is 1. The van der Waals surface area contributed by atoms with Gasteiger partial charge in [-0.2, -0.15) is 5.10 Å². The smallest absolute Gasteiger partial charge is 0.246 e. The molecule has 2 heterocycles. The van der Waals surface area contributed by atoms with Gasteiger partial charge in [0.25, 0.3) is 0 Å². The summed E-state index contributed by atoms with van der Waals surface area (Å²) < 4.78 is 16.4. The van der Waals surface area contributed by atoms with E-state index in [9.17, 15) is 4.79 Å². The topological polar surface area (TPSA) is 63.6 Å². The van der Waals surface area contributed by atoms with Crippen LogP contribution in [0.15, 0.2) is 47.6 Å². The maximum absolute atomic E-state index is 13.4. The van der Waals surface area contributed by atoms with Gasteiger partial charge in [0, 0.05) is 37.0 Å². The van der Waals surface area contributed by atoms with Crippen LogP contribution in [0.5, 0.6) is 11.5 Å². The van der Waals surface area contributed by atoms with Crippen LogP contribution in [0.4, 0.5) is 0 Å². The van der Waals surface area contributed by atoms with Crippen LogP contribution in [0, 0.1) is 11.8 Å². The average Bonchev–Trinajstić information content (AvgIpc) is 2.91. The molecular formula is C28H35N3O4. The summed E-state index contributed by atoms with van der Waals surface area (Å²) in [6, 6.07) is 14.5. The summed E-state index contributed by atoms with van der Waals surface area (Å²) in [5.41, 5.74) is 4.35. The fourth-order valence-electron chi connectivity index (χ4n) is 5.52. The zero-order valence-corrected chi connectivity index (χ0v) is 20.7. The van der Waals surface area contributed by atoms with Crippen LogP contribution < -0.4 is 9.47 Å². The number of hydrazone groups is 1. The second-order valence-electron chi connectivity index (χ2n) is 9.65. The van der Waals surface area contributed by atoms with Crippen LogP contribution in [0.1, 0.15) is 42.4 Å². The monoisotopic (exact) mass is 477 g/mol. The number of rotatable bonds is 7. The van der Waals surface area contributed by atoms with E-state index in [0.717, 1.165) is 75.4 Å². The van der Waals surface area contributed by atoms with Gasteiger partial charge in [-0.15, -0.1) is 0 Å². The lowest BCUT2D eigenvalue weighted by Crippen LogP contribution is -2.45. The van der Waals surface area contributed by atoms with E-state index in [-0.39, 0.29) is 17.7 Å². The molecule has 3 aliphatic rings. The van der Waals surface area contributed by atoms with Crippen molar-refractivity contribution in [3.63, 3.8) is 0 Å². The number of carbonyl (C=O) groups is 1. The molecule has 1 amide bonds. The summed E-state index contributed by atoms with van der Waals surface area (Å²) in [6.07, 6.45) is 4.14. The predicted molar refractivity (Wildman–Crippen MR) is 135 cm³/mol. The van der Waals surface area contributed by atoms with Gasteiger partial charge in [0.05, 0.1) is 39.7 Å². The molecule has 1 aliphatic carbocycles. The molecular weight excluding hydrogens is 442 g/mol. The molecule has 0 radical (unpaired) electrons. The first-order valence-electron chi connectivity index (χ1n) is 12.7. The van der Waals surface area contributed by atoms with E-state index in [4.69, 9.17) is 19.3 Å². The van der Waals surface area contributed by atoms with Crippen molar-refractivity contribution in [2.24, 2.45) is 16.9 Å². The summed E-state index contributed by atoms with van der Waals surface area (Å²) in [5.74, 6) is 1.67. The Hall–Kier alpha value is -2.90. The van der Waals surface area contributed by atoms with Crippen LogP contribution in [-0.4, -0.2) is 62.1 Å². The molecule has 0 aromatic heterocycles. The molecule has 2 aliphatic heterocycles. The molecule has 2 fully saturated rings. The minimum atomic E-state index is -0.00931. The highest BCUT2D eigenvalue weighted by Gasteiger charge is 2.41. The summed E-state index contributed by atoms with van der Waals surface area (Å²) in [7, 11) is 3.28. The number of nitrogens with zero attached hydrogens (tertiary/aromatic N) is 3. The standard InChI is InChI=1S/C28H35N3O4/c1-33-25-12-11-22(17-26(25)34-2)27-23-5-3-4-6-24(23)28(32)31(29-27)19-21-9-7-20(8-10-21)18-30-13-15-35-16-14-30/h7-12,17,23-24H,3-6,13-16,18-19H2,1-2H3/t23-,24+/m1/s1. The Balaban J connectivity index is 1.38. The minimum absolute atomic E-state index is 0.00931. The van der Waals surface area contributed by atoms with E-state index in [1.54, 1.807) is 19.2 Å². The molecule has 5 rings (SSSR count). The van der Waals surface area contributed by atoms with Crippen molar-refractivity contribution in [2.75, 3.05) is 40.5 Å². The fraction of sp³-hybridized carbons (Fsp3) is 0.500. The quantitative estimate of drug-likeness (QED) is 0.601. The lowest BCUT2D eigenvalue weighted by atomic mass is 9.73. The number of benzene rings is 2. The number of ether oxygens (including phenoxy) is 3. The van der Waals surface area contributed by atoms with Gasteiger partial charge < -0.3 is 14.2 Å². The summed E-state index contributed by atoms with van der Waals surface area (Å²) in [4.78, 5) is 15.9. The van der Waals surface area contributed by atoms with Gasteiger partial charge >= 0.3 is 0 Å². The van der Waals surface area contributed by atoms with E-state index in [1.807, 2.05) is 18.2 Å². The Labute approximate surface area is 207 Å². The maximum Gasteiger partial charge on any atom is 0.246 e. The third-order valence-electron chi connectivity index (χ3n) is 7.46. The van der Waals surface area contributed by atoms with Crippen molar-refractivity contribution in [3.8, 4) is 11.5 Å². The predicted octanol–water partition coefficient (Wildman–Crippen LogP) is 4.09. The zero-order chi connectivity index (χ0) is 24.2. The molecule has 7 heteroatoms. The number of hydrogen-bond donors (Lipinski definition) is 0. The second kappa shape index (κ2) is 10.8. The molecule has 1 saturated carbocycles. The summed E-state index contributed by atoms with van der Waals surface area (Å²) >= 11 is 0. The minimum Gasteiger partial charge on any atom is -0.493 e. The maximum atomic E-state index is 13.4.